The maximum Gasteiger partial charge on any atom is 0.326 e. The number of rotatable bonds is 9. The molecular weight excluding hydrogens is 228 g/mol. The molecule has 0 amide bonds. The molecule has 0 spiro atoms. The minimum absolute atomic E-state index is 0.109. The van der Waals surface area contributed by atoms with Gasteiger partial charge in [0.05, 0.1) is 6.61 Å². The van der Waals surface area contributed by atoms with E-state index in [0.29, 0.717) is 12.6 Å². The Bertz CT molecular complexity index is 267. The fraction of sp³-hybridized carbons (Fsp3) is 0.929. The van der Waals surface area contributed by atoms with Crippen molar-refractivity contribution >= 4 is 5.97 Å². The summed E-state index contributed by atoms with van der Waals surface area (Å²) < 4.78 is 5.21. The van der Waals surface area contributed by atoms with E-state index in [2.05, 4.69) is 24.2 Å². The molecule has 1 N–H and O–H groups in total. The maximum atomic E-state index is 12.1. The number of esters is 1. The molecule has 1 aliphatic rings. The van der Waals surface area contributed by atoms with Gasteiger partial charge in [0.2, 0.25) is 0 Å². The van der Waals surface area contributed by atoms with Crippen LogP contribution in [-0.4, -0.2) is 49.2 Å². The van der Waals surface area contributed by atoms with Crippen LogP contribution in [0.25, 0.3) is 0 Å². The van der Waals surface area contributed by atoms with E-state index in [4.69, 9.17) is 4.74 Å². The normalized spacial score (nSPS) is 18.7. The number of carbonyl (C=O) groups excluding carboxylic acids is 1. The molecule has 0 saturated heterocycles. The molecule has 1 fully saturated rings. The topological polar surface area (TPSA) is 41.6 Å². The van der Waals surface area contributed by atoms with E-state index in [1.165, 1.54) is 12.8 Å². The average molecular weight is 256 g/mol. The first kappa shape index (κ1) is 15.4. The number of carbonyl (C=O) groups is 1. The largest absolute Gasteiger partial charge is 0.465 e. The third-order valence-electron chi connectivity index (χ3n) is 3.42. The summed E-state index contributed by atoms with van der Waals surface area (Å²) in [5.41, 5.74) is -0.529. The lowest BCUT2D eigenvalue weighted by molar-refractivity contribution is -0.151. The van der Waals surface area contributed by atoms with Crippen LogP contribution >= 0.6 is 0 Å². The van der Waals surface area contributed by atoms with Crippen molar-refractivity contribution in [3.8, 4) is 0 Å². The summed E-state index contributed by atoms with van der Waals surface area (Å²) in [5.74, 6) is -0.109. The highest BCUT2D eigenvalue weighted by Gasteiger charge is 2.39. The molecule has 0 radical (unpaired) electrons. The Hall–Kier alpha value is -0.610. The van der Waals surface area contributed by atoms with Crippen molar-refractivity contribution in [2.24, 2.45) is 0 Å². The van der Waals surface area contributed by atoms with Gasteiger partial charge in [-0.1, -0.05) is 6.92 Å². The van der Waals surface area contributed by atoms with Crippen molar-refractivity contribution in [3.05, 3.63) is 0 Å². The summed E-state index contributed by atoms with van der Waals surface area (Å²) in [6, 6.07) is 0.510. The van der Waals surface area contributed by atoms with Gasteiger partial charge in [-0.15, -0.1) is 0 Å². The van der Waals surface area contributed by atoms with E-state index >= 15 is 0 Å². The molecule has 1 saturated carbocycles. The highest BCUT2D eigenvalue weighted by Crippen LogP contribution is 2.25. The molecule has 0 bridgehead atoms. The van der Waals surface area contributed by atoms with Crippen LogP contribution in [0, 0.1) is 0 Å². The summed E-state index contributed by atoms with van der Waals surface area (Å²) in [6.45, 7) is 8.45. The van der Waals surface area contributed by atoms with Crippen LogP contribution in [0.15, 0.2) is 0 Å². The van der Waals surface area contributed by atoms with Crippen LogP contribution in [0.3, 0.4) is 0 Å². The second-order valence-electron chi connectivity index (χ2n) is 5.52. The van der Waals surface area contributed by atoms with E-state index in [0.717, 1.165) is 25.9 Å². The summed E-state index contributed by atoms with van der Waals surface area (Å²) in [7, 11) is 2.10. The van der Waals surface area contributed by atoms with Gasteiger partial charge in [0.25, 0.3) is 0 Å². The lowest BCUT2D eigenvalue weighted by Gasteiger charge is -2.30. The molecule has 0 heterocycles. The van der Waals surface area contributed by atoms with Crippen LogP contribution in [0.5, 0.6) is 0 Å². The molecule has 0 aromatic rings. The van der Waals surface area contributed by atoms with Crippen LogP contribution in [-0.2, 0) is 9.53 Å². The molecule has 4 nitrogen and oxygen atoms in total. The zero-order valence-electron chi connectivity index (χ0n) is 12.3. The SMILES string of the molecule is CCCN(C)CCC(C)(NC1CC1)C(=O)OCC. The van der Waals surface area contributed by atoms with Crippen LogP contribution in [0.1, 0.15) is 46.5 Å². The Morgan fingerprint density at radius 2 is 2.06 bits per heavy atom. The zero-order chi connectivity index (χ0) is 13.6. The van der Waals surface area contributed by atoms with Gasteiger partial charge in [-0.25, -0.2) is 0 Å². The standard InChI is InChI=1S/C14H28N2O2/c1-5-10-16(4)11-9-14(3,13(17)18-6-2)15-12-7-8-12/h12,15H,5-11H2,1-4H3. The van der Waals surface area contributed by atoms with Gasteiger partial charge in [-0.2, -0.15) is 0 Å². The molecule has 0 aromatic carbocycles. The highest BCUT2D eigenvalue weighted by molar-refractivity contribution is 5.80. The molecule has 0 aromatic heterocycles. The second kappa shape index (κ2) is 7.10. The number of hydrogen-bond donors (Lipinski definition) is 1. The number of nitrogens with one attached hydrogen (secondary N) is 1. The second-order valence-corrected chi connectivity index (χ2v) is 5.52. The average Bonchev–Trinajstić information content (AvgIpc) is 3.11. The maximum absolute atomic E-state index is 12.1. The van der Waals surface area contributed by atoms with Gasteiger partial charge in [-0.05, 0) is 53.1 Å². The van der Waals surface area contributed by atoms with Crippen LogP contribution in [0.2, 0.25) is 0 Å². The first-order chi connectivity index (χ1) is 8.51. The van der Waals surface area contributed by atoms with E-state index < -0.39 is 5.54 Å². The Morgan fingerprint density at radius 1 is 1.39 bits per heavy atom. The van der Waals surface area contributed by atoms with Gasteiger partial charge in [0.15, 0.2) is 0 Å². The van der Waals surface area contributed by atoms with Crippen molar-refractivity contribution in [1.82, 2.24) is 10.2 Å². The predicted octanol–water partition coefficient (Wildman–Crippen LogP) is 1.79. The lowest BCUT2D eigenvalue weighted by Crippen LogP contribution is -2.53. The molecule has 0 aliphatic heterocycles. The minimum atomic E-state index is -0.529. The first-order valence-corrected chi connectivity index (χ1v) is 7.15. The van der Waals surface area contributed by atoms with Crippen molar-refractivity contribution in [2.45, 2.75) is 58.0 Å². The highest BCUT2D eigenvalue weighted by atomic mass is 16.5. The van der Waals surface area contributed by atoms with E-state index in [1.54, 1.807) is 0 Å². The Balaban J connectivity index is 2.50. The zero-order valence-corrected chi connectivity index (χ0v) is 12.3. The summed E-state index contributed by atoms with van der Waals surface area (Å²) >= 11 is 0. The molecule has 18 heavy (non-hydrogen) atoms. The van der Waals surface area contributed by atoms with E-state index in [1.807, 2.05) is 13.8 Å². The van der Waals surface area contributed by atoms with Gasteiger partial charge >= 0.3 is 5.97 Å². The van der Waals surface area contributed by atoms with Gasteiger partial charge in [-0.3, -0.25) is 10.1 Å². The monoisotopic (exact) mass is 256 g/mol. The number of ether oxygens (including phenoxy) is 1. The fourth-order valence-corrected chi connectivity index (χ4v) is 2.11. The van der Waals surface area contributed by atoms with Crippen LogP contribution < -0.4 is 5.32 Å². The summed E-state index contributed by atoms with van der Waals surface area (Å²) in [5, 5.41) is 3.45. The molecule has 1 rings (SSSR count). The van der Waals surface area contributed by atoms with E-state index in [-0.39, 0.29) is 5.97 Å². The molecule has 1 aliphatic carbocycles. The Kier molecular flexibility index (Phi) is 6.09. The van der Waals surface area contributed by atoms with Crippen molar-refractivity contribution in [1.29, 1.82) is 0 Å². The first-order valence-electron chi connectivity index (χ1n) is 7.15. The molecular formula is C14H28N2O2. The Morgan fingerprint density at radius 3 is 2.56 bits per heavy atom. The van der Waals surface area contributed by atoms with Crippen molar-refractivity contribution in [3.63, 3.8) is 0 Å². The number of nitrogens with zero attached hydrogens (tertiary/aromatic N) is 1. The minimum Gasteiger partial charge on any atom is -0.465 e. The fourth-order valence-electron chi connectivity index (χ4n) is 2.11. The third kappa shape index (κ3) is 4.94. The van der Waals surface area contributed by atoms with Gasteiger partial charge in [0.1, 0.15) is 5.54 Å². The predicted molar refractivity (Wildman–Crippen MR) is 73.6 cm³/mol. The number of hydrogen-bond acceptors (Lipinski definition) is 4. The van der Waals surface area contributed by atoms with Crippen molar-refractivity contribution < 1.29 is 9.53 Å². The smallest absolute Gasteiger partial charge is 0.326 e. The van der Waals surface area contributed by atoms with E-state index in [9.17, 15) is 4.79 Å². The van der Waals surface area contributed by atoms with Gasteiger partial charge < -0.3 is 9.64 Å². The summed E-state index contributed by atoms with van der Waals surface area (Å²) in [6.07, 6.45) is 4.31. The quantitative estimate of drug-likeness (QED) is 0.639. The molecule has 1 atom stereocenters. The van der Waals surface area contributed by atoms with Crippen LogP contribution in [0.4, 0.5) is 0 Å². The molecule has 4 heteroatoms. The lowest BCUT2D eigenvalue weighted by atomic mass is 9.97. The molecule has 106 valence electrons. The molecule has 1 unspecified atom stereocenters. The Labute approximate surface area is 111 Å². The van der Waals surface area contributed by atoms with Crippen molar-refractivity contribution in [2.75, 3.05) is 26.7 Å². The summed E-state index contributed by atoms with van der Waals surface area (Å²) in [4.78, 5) is 14.4. The van der Waals surface area contributed by atoms with Gasteiger partial charge in [0, 0.05) is 12.6 Å². The third-order valence-corrected chi connectivity index (χ3v) is 3.42.